The predicted molar refractivity (Wildman–Crippen MR) is 82.1 cm³/mol. The van der Waals surface area contributed by atoms with Gasteiger partial charge in [-0.05, 0) is 19.4 Å². The van der Waals surface area contributed by atoms with E-state index in [0.717, 1.165) is 18.5 Å². The molecule has 1 aromatic carbocycles. The van der Waals surface area contributed by atoms with Crippen molar-refractivity contribution in [2.24, 2.45) is 0 Å². The van der Waals surface area contributed by atoms with Crippen molar-refractivity contribution in [3.63, 3.8) is 0 Å². The fourth-order valence-corrected chi connectivity index (χ4v) is 2.64. The molecule has 0 amide bonds. The quantitative estimate of drug-likeness (QED) is 0.815. The van der Waals surface area contributed by atoms with Gasteiger partial charge in [-0.25, -0.2) is 9.48 Å². The summed E-state index contributed by atoms with van der Waals surface area (Å²) in [6, 6.07) is 9.98. The van der Waals surface area contributed by atoms with E-state index < -0.39 is 0 Å². The van der Waals surface area contributed by atoms with Crippen LogP contribution in [0.25, 0.3) is 0 Å². The third-order valence-electron chi connectivity index (χ3n) is 3.73. The summed E-state index contributed by atoms with van der Waals surface area (Å²) < 4.78 is 12.8. The van der Waals surface area contributed by atoms with Gasteiger partial charge in [-0.15, -0.1) is 0 Å². The zero-order chi connectivity index (χ0) is 15.5. The van der Waals surface area contributed by atoms with Crippen molar-refractivity contribution in [2.75, 3.05) is 6.61 Å². The highest BCUT2D eigenvalue weighted by atomic mass is 16.5. The molecule has 1 aliphatic heterocycles. The number of benzene rings is 1. The fourth-order valence-electron chi connectivity index (χ4n) is 2.64. The van der Waals surface area contributed by atoms with E-state index in [1.165, 1.54) is 0 Å². The summed E-state index contributed by atoms with van der Waals surface area (Å²) in [6.45, 7) is 4.90. The Morgan fingerprint density at radius 1 is 1.41 bits per heavy atom. The van der Waals surface area contributed by atoms with Gasteiger partial charge in [-0.1, -0.05) is 30.3 Å². The number of aromatic nitrogens is 2. The Kier molecular flexibility index (Phi) is 4.13. The molecule has 0 radical (unpaired) electrons. The predicted octanol–water partition coefficient (Wildman–Crippen LogP) is 2.82. The van der Waals surface area contributed by atoms with Gasteiger partial charge < -0.3 is 9.47 Å². The summed E-state index contributed by atoms with van der Waals surface area (Å²) in [6.07, 6.45) is 1.57. The van der Waals surface area contributed by atoms with Crippen LogP contribution in [0.2, 0.25) is 0 Å². The molecule has 116 valence electrons. The van der Waals surface area contributed by atoms with E-state index in [1.54, 1.807) is 11.6 Å². The van der Waals surface area contributed by atoms with Gasteiger partial charge in [0.2, 0.25) is 5.88 Å². The number of hydrogen-bond acceptors (Lipinski definition) is 4. The van der Waals surface area contributed by atoms with Crippen LogP contribution in [0.3, 0.4) is 0 Å². The van der Waals surface area contributed by atoms with Crippen LogP contribution < -0.4 is 4.74 Å². The second-order valence-corrected chi connectivity index (χ2v) is 5.45. The Labute approximate surface area is 129 Å². The smallest absolute Gasteiger partial charge is 0.345 e. The molecule has 3 rings (SSSR count). The first-order valence-corrected chi connectivity index (χ1v) is 7.66. The highest BCUT2D eigenvalue weighted by Crippen LogP contribution is 2.30. The van der Waals surface area contributed by atoms with E-state index in [0.29, 0.717) is 30.2 Å². The van der Waals surface area contributed by atoms with Gasteiger partial charge in [0.15, 0.2) is 0 Å². The minimum Gasteiger partial charge on any atom is -0.474 e. The van der Waals surface area contributed by atoms with Gasteiger partial charge in [0, 0.05) is 19.4 Å². The number of aryl methyl sites for hydroxylation is 1. The summed E-state index contributed by atoms with van der Waals surface area (Å²) in [4.78, 5) is 12.3. The Bertz CT molecular complexity index is 664. The fraction of sp³-hybridized carbons (Fsp3) is 0.412. The minimum absolute atomic E-state index is 0.0851. The first-order chi connectivity index (χ1) is 10.7. The third kappa shape index (κ3) is 2.84. The SMILES string of the molecule is CCOC(=O)c1c(Cc2ccccc2)nn2c1O[C@H](C)CC2. The van der Waals surface area contributed by atoms with Gasteiger partial charge in [0.25, 0.3) is 0 Å². The standard InChI is InChI=1S/C17H20N2O3/c1-3-21-17(20)15-14(11-13-7-5-4-6-8-13)18-19-10-9-12(2)22-16(15)19/h4-8,12H,3,9-11H2,1-2H3/t12-/m1/s1. The second kappa shape index (κ2) is 6.22. The number of carbonyl (C=O) groups is 1. The van der Waals surface area contributed by atoms with E-state index in [-0.39, 0.29) is 12.1 Å². The first-order valence-electron chi connectivity index (χ1n) is 7.66. The van der Waals surface area contributed by atoms with E-state index >= 15 is 0 Å². The molecular formula is C17H20N2O3. The molecule has 0 bridgehead atoms. The monoisotopic (exact) mass is 300 g/mol. The van der Waals surface area contributed by atoms with Gasteiger partial charge in [-0.3, -0.25) is 0 Å². The molecule has 1 aliphatic rings. The maximum absolute atomic E-state index is 12.3. The van der Waals surface area contributed by atoms with Crippen LogP contribution in [0.4, 0.5) is 0 Å². The van der Waals surface area contributed by atoms with Crippen molar-refractivity contribution >= 4 is 5.97 Å². The van der Waals surface area contributed by atoms with E-state index in [4.69, 9.17) is 9.47 Å². The number of rotatable bonds is 4. The Balaban J connectivity index is 1.99. The van der Waals surface area contributed by atoms with Gasteiger partial charge in [0.1, 0.15) is 5.56 Å². The average Bonchev–Trinajstić information content (AvgIpc) is 2.85. The van der Waals surface area contributed by atoms with Crippen LogP contribution in [0.5, 0.6) is 5.88 Å². The van der Waals surface area contributed by atoms with Gasteiger partial charge in [0.05, 0.1) is 18.4 Å². The second-order valence-electron chi connectivity index (χ2n) is 5.45. The minimum atomic E-state index is -0.358. The lowest BCUT2D eigenvalue weighted by Crippen LogP contribution is -2.24. The van der Waals surface area contributed by atoms with Crippen molar-refractivity contribution in [3.8, 4) is 5.88 Å². The summed E-state index contributed by atoms with van der Waals surface area (Å²) in [5.41, 5.74) is 2.29. The molecule has 0 N–H and O–H groups in total. The van der Waals surface area contributed by atoms with Crippen LogP contribution in [0.15, 0.2) is 30.3 Å². The zero-order valence-electron chi connectivity index (χ0n) is 12.9. The number of carbonyl (C=O) groups excluding carboxylic acids is 1. The van der Waals surface area contributed by atoms with Gasteiger partial charge in [-0.2, -0.15) is 5.10 Å². The van der Waals surface area contributed by atoms with Crippen LogP contribution in [-0.4, -0.2) is 28.5 Å². The van der Waals surface area contributed by atoms with Crippen LogP contribution in [0.1, 0.15) is 41.9 Å². The average molecular weight is 300 g/mol. The van der Waals surface area contributed by atoms with E-state index in [2.05, 4.69) is 5.10 Å². The molecule has 0 unspecified atom stereocenters. The summed E-state index contributed by atoms with van der Waals surface area (Å²) in [5.74, 6) is 0.187. The van der Waals surface area contributed by atoms with Crippen LogP contribution >= 0.6 is 0 Å². The first kappa shape index (κ1) is 14.6. The lowest BCUT2D eigenvalue weighted by atomic mass is 10.1. The van der Waals surface area contributed by atoms with Crippen molar-refractivity contribution in [1.82, 2.24) is 9.78 Å². The molecule has 2 aromatic rings. The maximum Gasteiger partial charge on any atom is 0.345 e. The Hall–Kier alpha value is -2.30. The van der Waals surface area contributed by atoms with Crippen molar-refractivity contribution < 1.29 is 14.3 Å². The Morgan fingerprint density at radius 3 is 2.91 bits per heavy atom. The van der Waals surface area contributed by atoms with E-state index in [9.17, 15) is 4.79 Å². The molecule has 0 aliphatic carbocycles. The third-order valence-corrected chi connectivity index (χ3v) is 3.73. The number of hydrogen-bond donors (Lipinski definition) is 0. The molecule has 2 heterocycles. The topological polar surface area (TPSA) is 53.3 Å². The van der Waals surface area contributed by atoms with Crippen molar-refractivity contribution in [2.45, 2.75) is 39.3 Å². The summed E-state index contributed by atoms with van der Waals surface area (Å²) in [7, 11) is 0. The molecule has 5 heteroatoms. The molecule has 0 saturated heterocycles. The largest absolute Gasteiger partial charge is 0.474 e. The Morgan fingerprint density at radius 2 is 2.18 bits per heavy atom. The van der Waals surface area contributed by atoms with Crippen molar-refractivity contribution in [3.05, 3.63) is 47.2 Å². The molecule has 0 fully saturated rings. The number of fused-ring (bicyclic) bond motifs is 1. The maximum atomic E-state index is 12.3. The highest BCUT2D eigenvalue weighted by Gasteiger charge is 2.30. The lowest BCUT2D eigenvalue weighted by Gasteiger charge is -2.21. The number of esters is 1. The summed E-state index contributed by atoms with van der Waals surface area (Å²) in [5, 5.41) is 4.57. The molecule has 1 aromatic heterocycles. The molecule has 22 heavy (non-hydrogen) atoms. The van der Waals surface area contributed by atoms with Crippen molar-refractivity contribution in [1.29, 1.82) is 0 Å². The number of nitrogens with zero attached hydrogens (tertiary/aromatic N) is 2. The highest BCUT2D eigenvalue weighted by molar-refractivity contribution is 5.93. The zero-order valence-corrected chi connectivity index (χ0v) is 12.9. The van der Waals surface area contributed by atoms with Crippen LogP contribution in [-0.2, 0) is 17.7 Å². The molecular weight excluding hydrogens is 280 g/mol. The molecule has 1 atom stereocenters. The normalized spacial score (nSPS) is 16.7. The van der Waals surface area contributed by atoms with Gasteiger partial charge >= 0.3 is 5.97 Å². The molecule has 5 nitrogen and oxygen atoms in total. The summed E-state index contributed by atoms with van der Waals surface area (Å²) >= 11 is 0. The lowest BCUT2D eigenvalue weighted by molar-refractivity contribution is 0.0513. The van der Waals surface area contributed by atoms with Crippen LogP contribution in [0, 0.1) is 0 Å². The molecule has 0 spiro atoms. The number of ether oxygens (including phenoxy) is 2. The van der Waals surface area contributed by atoms with E-state index in [1.807, 2.05) is 37.3 Å². The molecule has 0 saturated carbocycles.